The molecule has 0 saturated carbocycles. The molecule has 1 radical (unpaired) electrons. The fourth-order valence-electron chi connectivity index (χ4n) is 1.74. The summed E-state index contributed by atoms with van der Waals surface area (Å²) in [7, 11) is -1.49. The van der Waals surface area contributed by atoms with Gasteiger partial charge >= 0.3 is 26.2 Å². The van der Waals surface area contributed by atoms with Gasteiger partial charge in [0.05, 0.1) is 5.76 Å². The van der Waals surface area contributed by atoms with E-state index in [4.69, 9.17) is 9.16 Å². The van der Waals surface area contributed by atoms with Crippen LogP contribution < -0.4 is 24.8 Å². The molecule has 2 aliphatic rings. The van der Waals surface area contributed by atoms with Crippen molar-refractivity contribution in [3.8, 4) is 0 Å². The van der Waals surface area contributed by atoms with E-state index in [1.54, 1.807) is 0 Å². The Morgan fingerprint density at radius 3 is 2.40 bits per heavy atom. The Balaban J connectivity index is 0. The minimum absolute atomic E-state index is 0. The number of halogens is 2. The average Bonchev–Trinajstić information content (AvgIpc) is 2.82. The van der Waals surface area contributed by atoms with Crippen LogP contribution in [0.1, 0.15) is 12.8 Å². The van der Waals surface area contributed by atoms with Crippen molar-refractivity contribution in [1.82, 2.24) is 0 Å². The van der Waals surface area contributed by atoms with Gasteiger partial charge in [0.2, 0.25) is 0 Å². The largest absolute Gasteiger partial charge is 3.00 e. The molecule has 0 atom stereocenters. The maximum absolute atomic E-state index is 5.71. The first-order chi connectivity index (χ1) is 8.06. The van der Waals surface area contributed by atoms with Crippen LogP contribution in [0.2, 0.25) is 19.6 Å². The minimum atomic E-state index is -1.49. The predicted molar refractivity (Wildman–Crippen MR) is 71.7 cm³/mol. The SMILES string of the molecule is C[Si](C)(C)OCOC1=C(C2=[C-]CC=C2)CC=C1.[Cl-].[Cl-].[Zr+3]. The minimum Gasteiger partial charge on any atom is -1.00 e. The van der Waals surface area contributed by atoms with Crippen LogP contribution in [0.15, 0.2) is 41.2 Å². The van der Waals surface area contributed by atoms with Crippen molar-refractivity contribution in [3.63, 3.8) is 0 Å². The van der Waals surface area contributed by atoms with Crippen LogP contribution in [0, 0.1) is 6.08 Å². The van der Waals surface area contributed by atoms with Gasteiger partial charge < -0.3 is 34.0 Å². The zero-order valence-electron chi connectivity index (χ0n) is 12.0. The molecule has 0 fully saturated rings. The van der Waals surface area contributed by atoms with E-state index in [1.807, 2.05) is 6.08 Å². The summed E-state index contributed by atoms with van der Waals surface area (Å²) in [6, 6.07) is 0. The Morgan fingerprint density at radius 1 is 1.15 bits per heavy atom. The number of allylic oxidation sites excluding steroid dienone is 7. The van der Waals surface area contributed by atoms with Crippen molar-refractivity contribution in [2.45, 2.75) is 32.5 Å². The van der Waals surface area contributed by atoms with Crippen molar-refractivity contribution in [2.24, 2.45) is 0 Å². The van der Waals surface area contributed by atoms with Gasteiger partial charge in [0, 0.05) is 0 Å². The fourth-order valence-corrected chi connectivity index (χ4v) is 2.16. The summed E-state index contributed by atoms with van der Waals surface area (Å²) in [5, 5.41) is 0. The maximum Gasteiger partial charge on any atom is 3.00 e. The van der Waals surface area contributed by atoms with Gasteiger partial charge in [-0.05, 0) is 25.7 Å². The molecule has 0 saturated heterocycles. The van der Waals surface area contributed by atoms with Crippen molar-refractivity contribution in [3.05, 3.63) is 47.3 Å². The maximum atomic E-state index is 5.71. The third-order valence-electron chi connectivity index (χ3n) is 2.61. The molecule has 6 heteroatoms. The Kier molecular flexibility index (Phi) is 11.5. The van der Waals surface area contributed by atoms with Gasteiger partial charge in [0.15, 0.2) is 15.1 Å². The molecule has 0 aliphatic heterocycles. The first-order valence-electron chi connectivity index (χ1n) is 6.00. The van der Waals surface area contributed by atoms with Crippen molar-refractivity contribution in [1.29, 1.82) is 0 Å². The molecular weight excluding hydrogens is 390 g/mol. The second kappa shape index (κ2) is 10.2. The normalized spacial score (nSPS) is 16.2. The first kappa shape index (κ1) is 22.7. The molecular formula is C14H19Cl2O2SiZr. The predicted octanol–water partition coefficient (Wildman–Crippen LogP) is -2.28. The van der Waals surface area contributed by atoms with Crippen LogP contribution >= 0.6 is 0 Å². The molecule has 2 nitrogen and oxygen atoms in total. The van der Waals surface area contributed by atoms with Crippen LogP contribution in [0.5, 0.6) is 0 Å². The first-order valence-corrected chi connectivity index (χ1v) is 9.41. The van der Waals surface area contributed by atoms with Crippen molar-refractivity contribution in [2.75, 3.05) is 6.79 Å². The van der Waals surface area contributed by atoms with Gasteiger partial charge in [0.1, 0.15) is 0 Å². The van der Waals surface area contributed by atoms with Crippen LogP contribution in [0.3, 0.4) is 0 Å². The zero-order valence-corrected chi connectivity index (χ0v) is 17.0. The van der Waals surface area contributed by atoms with Crippen LogP contribution in [0.4, 0.5) is 0 Å². The van der Waals surface area contributed by atoms with E-state index >= 15 is 0 Å². The van der Waals surface area contributed by atoms with E-state index in [0.717, 1.165) is 18.6 Å². The van der Waals surface area contributed by atoms with E-state index in [9.17, 15) is 0 Å². The molecule has 0 aromatic rings. The Labute approximate surface area is 154 Å². The van der Waals surface area contributed by atoms with Crippen LogP contribution in [-0.2, 0) is 35.4 Å². The molecule has 20 heavy (non-hydrogen) atoms. The fraction of sp³-hybridized carbons (Fsp3) is 0.429. The summed E-state index contributed by atoms with van der Waals surface area (Å²) in [5.41, 5.74) is 2.41. The van der Waals surface area contributed by atoms with E-state index in [-0.39, 0.29) is 51.0 Å². The Bertz CT molecular complexity index is 423. The van der Waals surface area contributed by atoms with Crippen molar-refractivity contribution < 1.29 is 60.2 Å². The Hall–Kier alpha value is 0.400. The second-order valence-corrected chi connectivity index (χ2v) is 9.68. The van der Waals surface area contributed by atoms with Gasteiger partial charge in [-0.3, -0.25) is 0 Å². The number of hydrogen-bond acceptors (Lipinski definition) is 2. The molecule has 2 aliphatic carbocycles. The van der Waals surface area contributed by atoms with E-state index in [2.05, 4.69) is 43.9 Å². The monoisotopic (exact) mass is 407 g/mol. The molecule has 0 unspecified atom stereocenters. The van der Waals surface area contributed by atoms with Crippen LogP contribution in [0.25, 0.3) is 0 Å². The smallest absolute Gasteiger partial charge is 1.00 e. The second-order valence-electron chi connectivity index (χ2n) is 5.17. The summed E-state index contributed by atoms with van der Waals surface area (Å²) < 4.78 is 11.4. The average molecular weight is 410 g/mol. The van der Waals surface area contributed by atoms with E-state index in [1.165, 1.54) is 11.1 Å². The number of hydrogen-bond donors (Lipinski definition) is 0. The summed E-state index contributed by atoms with van der Waals surface area (Å²) in [5.74, 6) is 0.942. The third-order valence-corrected chi connectivity index (χ3v) is 3.60. The third kappa shape index (κ3) is 6.91. The van der Waals surface area contributed by atoms with Crippen molar-refractivity contribution >= 4 is 8.32 Å². The molecule has 0 N–H and O–H groups in total. The summed E-state index contributed by atoms with van der Waals surface area (Å²) in [6.07, 6.45) is 13.6. The van der Waals surface area contributed by atoms with Gasteiger partial charge in [-0.2, -0.15) is 17.7 Å². The van der Waals surface area contributed by atoms with Crippen LogP contribution in [-0.4, -0.2) is 15.1 Å². The number of ether oxygens (including phenoxy) is 1. The molecule has 109 valence electrons. The zero-order chi connectivity index (χ0) is 12.3. The quantitative estimate of drug-likeness (QED) is 0.290. The topological polar surface area (TPSA) is 18.5 Å². The van der Waals surface area contributed by atoms with E-state index in [0.29, 0.717) is 6.79 Å². The van der Waals surface area contributed by atoms with Gasteiger partial charge in [-0.25, -0.2) is 0 Å². The molecule has 0 bridgehead atoms. The van der Waals surface area contributed by atoms with Gasteiger partial charge in [-0.1, -0.05) is 18.9 Å². The molecule has 0 heterocycles. The number of rotatable bonds is 5. The summed E-state index contributed by atoms with van der Waals surface area (Å²) >= 11 is 0. The van der Waals surface area contributed by atoms with Gasteiger partial charge in [-0.15, -0.1) is 11.6 Å². The molecule has 0 amide bonds. The van der Waals surface area contributed by atoms with E-state index < -0.39 is 8.32 Å². The summed E-state index contributed by atoms with van der Waals surface area (Å²) in [6.45, 7) is 6.83. The van der Waals surface area contributed by atoms with Gasteiger partial charge in [0.25, 0.3) is 0 Å². The molecule has 2 rings (SSSR count). The Morgan fingerprint density at radius 2 is 1.85 bits per heavy atom. The standard InChI is InChI=1S/C14H19O2Si.2ClH.Zr/c1-17(2,3)16-11-15-14-10-6-9-13(14)12-7-4-5-8-12;;;/h4,6-7,10H,5,9,11H2,1-3H3;2*1H;/q-1;;;+3/p-2. The molecule has 0 aromatic carbocycles. The molecule has 0 spiro atoms. The summed E-state index contributed by atoms with van der Waals surface area (Å²) in [4.78, 5) is 0. The molecule has 0 aromatic heterocycles.